The summed E-state index contributed by atoms with van der Waals surface area (Å²) in [5.41, 5.74) is 0.889. The van der Waals surface area contributed by atoms with Gasteiger partial charge >= 0.3 is 0 Å². The number of hydrogen-bond acceptors (Lipinski definition) is 5. The molecule has 5 nitrogen and oxygen atoms in total. The fraction of sp³-hybridized carbons (Fsp3) is 0.600. The Kier molecular flexibility index (Phi) is 4.82. The highest BCUT2D eigenvalue weighted by Crippen LogP contribution is 2.33. The summed E-state index contributed by atoms with van der Waals surface area (Å²) in [5.74, 6) is 0. The van der Waals surface area contributed by atoms with Crippen molar-refractivity contribution in [2.24, 2.45) is 0 Å². The van der Waals surface area contributed by atoms with Crippen LogP contribution in [0, 0.1) is 0 Å². The first-order valence-electron chi connectivity index (χ1n) is 7.09. The van der Waals surface area contributed by atoms with E-state index in [0.29, 0.717) is 6.61 Å². The van der Waals surface area contributed by atoms with E-state index in [1.54, 1.807) is 0 Å². The first-order valence-corrected chi connectivity index (χ1v) is 7.09. The summed E-state index contributed by atoms with van der Waals surface area (Å²) in [5, 5.41) is 10.00. The van der Waals surface area contributed by atoms with Crippen LogP contribution in [-0.2, 0) is 18.9 Å². The second-order valence-electron chi connectivity index (χ2n) is 5.14. The van der Waals surface area contributed by atoms with Crippen LogP contribution in [0.3, 0.4) is 0 Å². The molecule has 1 N–H and O–H groups in total. The lowest BCUT2D eigenvalue weighted by molar-refractivity contribution is -0.319. The minimum absolute atomic E-state index is 0.0643. The van der Waals surface area contributed by atoms with E-state index in [2.05, 4.69) is 0 Å². The minimum Gasteiger partial charge on any atom is -0.388 e. The van der Waals surface area contributed by atoms with Crippen molar-refractivity contribution in [1.29, 1.82) is 0 Å². The molecule has 116 valence electrons. The lowest BCUT2D eigenvalue weighted by atomic mass is 9.98. The molecule has 2 aliphatic rings. The fourth-order valence-corrected chi connectivity index (χ4v) is 2.69. The van der Waals surface area contributed by atoms with Gasteiger partial charge in [0.05, 0.1) is 19.8 Å². The van der Waals surface area contributed by atoms with Gasteiger partial charge in [-0.2, -0.15) is 0 Å². The van der Waals surface area contributed by atoms with Crippen LogP contribution in [0.4, 0.5) is 4.39 Å². The molecule has 0 aliphatic carbocycles. The summed E-state index contributed by atoms with van der Waals surface area (Å²) in [7, 11) is 0. The molecule has 0 aromatic heterocycles. The van der Waals surface area contributed by atoms with Gasteiger partial charge in [-0.3, -0.25) is 0 Å². The van der Waals surface area contributed by atoms with Crippen LogP contribution >= 0.6 is 0 Å². The second kappa shape index (κ2) is 6.81. The normalized spacial score (nSPS) is 36.2. The summed E-state index contributed by atoms with van der Waals surface area (Å²) < 4.78 is 34.8. The average Bonchev–Trinajstić information content (AvgIpc) is 2.54. The molecule has 2 fully saturated rings. The third-order valence-corrected chi connectivity index (χ3v) is 3.70. The lowest BCUT2D eigenvalue weighted by Crippen LogP contribution is -2.59. The van der Waals surface area contributed by atoms with E-state index in [0.717, 1.165) is 5.56 Å². The van der Waals surface area contributed by atoms with Gasteiger partial charge in [0.25, 0.3) is 0 Å². The van der Waals surface area contributed by atoms with Gasteiger partial charge < -0.3 is 24.1 Å². The standard InChI is InChI=1S/C15H19FO5/c16-6-7-18-13-11(17)8-19-12-9-20-15(21-14(12)13)10-4-2-1-3-5-10/h1-5,11-15,17H,6-9H2/t11-,12+,13-,14+,15?/m0/s1. The first kappa shape index (κ1) is 14.9. The first-order chi connectivity index (χ1) is 10.3. The second-order valence-corrected chi connectivity index (χ2v) is 5.14. The summed E-state index contributed by atoms with van der Waals surface area (Å²) in [6.07, 6.45) is -2.74. The van der Waals surface area contributed by atoms with Crippen molar-refractivity contribution in [2.75, 3.05) is 26.5 Å². The van der Waals surface area contributed by atoms with Crippen LogP contribution in [0.1, 0.15) is 11.9 Å². The molecule has 6 heteroatoms. The topological polar surface area (TPSA) is 57.2 Å². The smallest absolute Gasteiger partial charge is 0.184 e. The monoisotopic (exact) mass is 298 g/mol. The zero-order chi connectivity index (χ0) is 14.7. The SMILES string of the molecule is O[C@H]1CO[C@@H]2COC(c3ccccc3)O[C@H]2[C@H]1OCCF. The van der Waals surface area contributed by atoms with E-state index in [4.69, 9.17) is 18.9 Å². The Balaban J connectivity index is 1.72. The summed E-state index contributed by atoms with van der Waals surface area (Å²) in [6, 6.07) is 9.52. The van der Waals surface area contributed by atoms with Crippen LogP contribution in [-0.4, -0.2) is 56.0 Å². The molecule has 0 spiro atoms. The van der Waals surface area contributed by atoms with Crippen molar-refractivity contribution in [3.8, 4) is 0 Å². The minimum atomic E-state index is -0.827. The maximum atomic E-state index is 12.3. The summed E-state index contributed by atoms with van der Waals surface area (Å²) in [4.78, 5) is 0. The van der Waals surface area contributed by atoms with Crippen molar-refractivity contribution >= 4 is 0 Å². The summed E-state index contributed by atoms with van der Waals surface area (Å²) in [6.45, 7) is -0.168. The number of rotatable bonds is 4. The van der Waals surface area contributed by atoms with E-state index in [9.17, 15) is 9.50 Å². The molecule has 1 unspecified atom stereocenters. The third kappa shape index (κ3) is 3.25. The Bertz CT molecular complexity index is 443. The average molecular weight is 298 g/mol. The van der Waals surface area contributed by atoms with Gasteiger partial charge in [0, 0.05) is 5.56 Å². The highest BCUT2D eigenvalue weighted by molar-refractivity contribution is 5.16. The summed E-state index contributed by atoms with van der Waals surface area (Å²) >= 11 is 0. The highest BCUT2D eigenvalue weighted by atomic mass is 19.1. The lowest BCUT2D eigenvalue weighted by Gasteiger charge is -2.44. The molecular formula is C15H19FO5. The number of benzene rings is 1. The largest absolute Gasteiger partial charge is 0.388 e. The maximum Gasteiger partial charge on any atom is 0.184 e. The van der Waals surface area contributed by atoms with Gasteiger partial charge in [-0.1, -0.05) is 30.3 Å². The van der Waals surface area contributed by atoms with Crippen molar-refractivity contribution in [3.63, 3.8) is 0 Å². The molecule has 2 aliphatic heterocycles. The van der Waals surface area contributed by atoms with Gasteiger partial charge in [-0.05, 0) is 0 Å². The number of halogens is 1. The molecular weight excluding hydrogens is 279 g/mol. The number of alkyl halides is 1. The Hall–Kier alpha value is -1.05. The quantitative estimate of drug-likeness (QED) is 0.905. The zero-order valence-corrected chi connectivity index (χ0v) is 11.6. The number of aliphatic hydroxyl groups excluding tert-OH is 1. The molecule has 3 rings (SSSR count). The Morgan fingerprint density at radius 3 is 2.76 bits per heavy atom. The molecule has 0 radical (unpaired) electrons. The van der Waals surface area contributed by atoms with Crippen LogP contribution in [0.5, 0.6) is 0 Å². The fourth-order valence-electron chi connectivity index (χ4n) is 2.69. The van der Waals surface area contributed by atoms with Gasteiger partial charge in [-0.15, -0.1) is 0 Å². The van der Waals surface area contributed by atoms with Gasteiger partial charge in [0.1, 0.15) is 31.1 Å². The molecule has 21 heavy (non-hydrogen) atoms. The van der Waals surface area contributed by atoms with Gasteiger partial charge in [0.15, 0.2) is 6.29 Å². The molecule has 2 heterocycles. The molecule has 0 saturated carbocycles. The van der Waals surface area contributed by atoms with Crippen molar-refractivity contribution in [3.05, 3.63) is 35.9 Å². The van der Waals surface area contributed by atoms with E-state index in [1.807, 2.05) is 30.3 Å². The van der Waals surface area contributed by atoms with E-state index >= 15 is 0 Å². The molecule has 1 aromatic rings. The van der Waals surface area contributed by atoms with E-state index < -0.39 is 31.3 Å². The van der Waals surface area contributed by atoms with Crippen molar-refractivity contribution in [1.82, 2.24) is 0 Å². The third-order valence-electron chi connectivity index (χ3n) is 3.70. The van der Waals surface area contributed by atoms with Gasteiger partial charge in [-0.25, -0.2) is 4.39 Å². The van der Waals surface area contributed by atoms with Gasteiger partial charge in [0.2, 0.25) is 0 Å². The number of fused-ring (bicyclic) bond motifs is 1. The number of ether oxygens (including phenoxy) is 4. The zero-order valence-electron chi connectivity index (χ0n) is 11.6. The highest BCUT2D eigenvalue weighted by Gasteiger charge is 2.45. The number of aliphatic hydroxyl groups is 1. The van der Waals surface area contributed by atoms with Crippen LogP contribution < -0.4 is 0 Å². The molecule has 1 aromatic carbocycles. The van der Waals surface area contributed by atoms with E-state index in [1.165, 1.54) is 0 Å². The molecule has 2 saturated heterocycles. The Morgan fingerprint density at radius 2 is 2.00 bits per heavy atom. The molecule has 0 bridgehead atoms. The molecule has 5 atom stereocenters. The number of hydrogen-bond donors (Lipinski definition) is 1. The van der Waals surface area contributed by atoms with Crippen molar-refractivity contribution in [2.45, 2.75) is 30.7 Å². The van der Waals surface area contributed by atoms with E-state index in [-0.39, 0.29) is 19.3 Å². The van der Waals surface area contributed by atoms with Crippen LogP contribution in [0.15, 0.2) is 30.3 Å². The van der Waals surface area contributed by atoms with Crippen LogP contribution in [0.25, 0.3) is 0 Å². The maximum absolute atomic E-state index is 12.3. The predicted octanol–water partition coefficient (Wildman–Crippen LogP) is 1.22. The van der Waals surface area contributed by atoms with Crippen LogP contribution in [0.2, 0.25) is 0 Å². The predicted molar refractivity (Wildman–Crippen MR) is 71.5 cm³/mol. The van der Waals surface area contributed by atoms with Crippen molar-refractivity contribution < 1.29 is 28.4 Å². The Morgan fingerprint density at radius 1 is 1.19 bits per heavy atom. The Labute approximate surface area is 122 Å². The molecule has 0 amide bonds.